The van der Waals surface area contributed by atoms with Crippen LogP contribution in [0.3, 0.4) is 0 Å². The number of thioether (sulfide) groups is 1. The van der Waals surface area contributed by atoms with Gasteiger partial charge in [-0.3, -0.25) is 4.79 Å². The molecule has 0 saturated heterocycles. The summed E-state index contributed by atoms with van der Waals surface area (Å²) >= 11 is 1.72. The highest BCUT2D eigenvalue weighted by atomic mass is 32.2. The zero-order valence-electron chi connectivity index (χ0n) is 8.64. The van der Waals surface area contributed by atoms with E-state index in [9.17, 15) is 4.79 Å². The number of rotatable bonds is 6. The van der Waals surface area contributed by atoms with Crippen molar-refractivity contribution in [3.63, 3.8) is 0 Å². The monoisotopic (exact) mass is 225 g/mol. The molecule has 0 radical (unpaired) electrons. The maximum atomic E-state index is 10.5. The fraction of sp³-hybridized carbons (Fsp3) is 0.364. The van der Waals surface area contributed by atoms with Crippen LogP contribution in [0.5, 0.6) is 0 Å². The van der Waals surface area contributed by atoms with Crippen LogP contribution in [-0.2, 0) is 4.79 Å². The van der Waals surface area contributed by atoms with Gasteiger partial charge in [-0.05, 0) is 19.1 Å². The van der Waals surface area contributed by atoms with Crippen molar-refractivity contribution in [3.8, 4) is 0 Å². The van der Waals surface area contributed by atoms with E-state index in [2.05, 4.69) is 5.32 Å². The summed E-state index contributed by atoms with van der Waals surface area (Å²) in [6.45, 7) is 2.35. The molecule has 0 aliphatic heterocycles. The first-order chi connectivity index (χ1) is 7.20. The smallest absolute Gasteiger partial charge is 0.320 e. The van der Waals surface area contributed by atoms with E-state index in [0.717, 1.165) is 5.75 Å². The SMILES string of the molecule is CC(NCCSc1ccccc1)C(=O)O. The third kappa shape index (κ3) is 4.85. The molecular formula is C11H15NO2S. The van der Waals surface area contributed by atoms with Crippen LogP contribution >= 0.6 is 11.8 Å². The first-order valence-electron chi connectivity index (χ1n) is 4.84. The van der Waals surface area contributed by atoms with E-state index in [1.165, 1.54) is 4.90 Å². The van der Waals surface area contributed by atoms with E-state index in [1.54, 1.807) is 18.7 Å². The number of nitrogens with one attached hydrogen (secondary N) is 1. The number of benzene rings is 1. The second kappa shape index (κ2) is 6.48. The molecule has 1 unspecified atom stereocenters. The van der Waals surface area contributed by atoms with Crippen LogP contribution in [0.15, 0.2) is 35.2 Å². The van der Waals surface area contributed by atoms with Gasteiger partial charge in [0.1, 0.15) is 6.04 Å². The Hall–Kier alpha value is -1.00. The van der Waals surface area contributed by atoms with Gasteiger partial charge in [0, 0.05) is 17.2 Å². The van der Waals surface area contributed by atoms with Crippen LogP contribution in [0, 0.1) is 0 Å². The topological polar surface area (TPSA) is 49.3 Å². The molecule has 0 heterocycles. The van der Waals surface area contributed by atoms with E-state index in [4.69, 9.17) is 5.11 Å². The maximum Gasteiger partial charge on any atom is 0.320 e. The Labute approximate surface area is 93.9 Å². The number of hydrogen-bond acceptors (Lipinski definition) is 3. The van der Waals surface area contributed by atoms with Gasteiger partial charge in [-0.25, -0.2) is 0 Å². The molecule has 2 N–H and O–H groups in total. The Bertz CT molecular complexity index is 303. The van der Waals surface area contributed by atoms with E-state index < -0.39 is 12.0 Å². The molecule has 82 valence electrons. The van der Waals surface area contributed by atoms with Crippen molar-refractivity contribution < 1.29 is 9.90 Å². The third-order valence-corrected chi connectivity index (χ3v) is 2.95. The average Bonchev–Trinajstić information content (AvgIpc) is 2.25. The second-order valence-corrected chi connectivity index (χ2v) is 4.34. The molecule has 1 aromatic carbocycles. The van der Waals surface area contributed by atoms with Gasteiger partial charge in [-0.1, -0.05) is 18.2 Å². The summed E-state index contributed by atoms with van der Waals surface area (Å²) in [5.74, 6) is 0.0708. The van der Waals surface area contributed by atoms with Crippen LogP contribution in [0.1, 0.15) is 6.92 Å². The van der Waals surface area contributed by atoms with Crippen molar-refractivity contribution in [2.24, 2.45) is 0 Å². The number of carbonyl (C=O) groups is 1. The molecule has 1 atom stereocenters. The Balaban J connectivity index is 2.15. The lowest BCUT2D eigenvalue weighted by molar-refractivity contribution is -0.138. The van der Waals surface area contributed by atoms with Crippen molar-refractivity contribution in [2.75, 3.05) is 12.3 Å². The molecule has 0 fully saturated rings. The lowest BCUT2D eigenvalue weighted by atomic mass is 10.3. The first kappa shape index (κ1) is 12.1. The van der Waals surface area contributed by atoms with E-state index in [-0.39, 0.29) is 0 Å². The van der Waals surface area contributed by atoms with E-state index in [1.807, 2.05) is 30.3 Å². The molecule has 0 aromatic heterocycles. The predicted molar refractivity (Wildman–Crippen MR) is 62.3 cm³/mol. The third-order valence-electron chi connectivity index (χ3n) is 1.93. The highest BCUT2D eigenvalue weighted by molar-refractivity contribution is 7.99. The maximum absolute atomic E-state index is 10.5. The standard InChI is InChI=1S/C11H15NO2S/c1-9(11(13)14)12-7-8-15-10-5-3-2-4-6-10/h2-6,9,12H,7-8H2,1H3,(H,13,14). The van der Waals surface area contributed by atoms with Crippen molar-refractivity contribution >= 4 is 17.7 Å². The van der Waals surface area contributed by atoms with Crippen LogP contribution in [0.25, 0.3) is 0 Å². The number of carboxylic acids is 1. The summed E-state index contributed by atoms with van der Waals surface area (Å²) < 4.78 is 0. The molecule has 3 nitrogen and oxygen atoms in total. The van der Waals surface area contributed by atoms with E-state index in [0.29, 0.717) is 6.54 Å². The lowest BCUT2D eigenvalue weighted by Gasteiger charge is -2.08. The summed E-state index contributed by atoms with van der Waals surface area (Å²) in [5.41, 5.74) is 0. The molecule has 0 aliphatic carbocycles. The molecule has 1 rings (SSSR count). The Morgan fingerprint density at radius 2 is 2.13 bits per heavy atom. The highest BCUT2D eigenvalue weighted by Gasteiger charge is 2.08. The van der Waals surface area contributed by atoms with Gasteiger partial charge in [0.2, 0.25) is 0 Å². The van der Waals surface area contributed by atoms with Gasteiger partial charge in [-0.15, -0.1) is 11.8 Å². The van der Waals surface area contributed by atoms with Gasteiger partial charge >= 0.3 is 5.97 Å². The molecule has 15 heavy (non-hydrogen) atoms. The average molecular weight is 225 g/mol. The number of carboxylic acid groups (broad SMARTS) is 1. The summed E-state index contributed by atoms with van der Waals surface area (Å²) in [4.78, 5) is 11.7. The fourth-order valence-electron chi connectivity index (χ4n) is 1.05. The Morgan fingerprint density at radius 1 is 1.47 bits per heavy atom. The largest absolute Gasteiger partial charge is 0.480 e. The van der Waals surface area contributed by atoms with E-state index >= 15 is 0 Å². The molecule has 1 aromatic rings. The van der Waals surface area contributed by atoms with Crippen LogP contribution in [-0.4, -0.2) is 29.4 Å². The zero-order valence-corrected chi connectivity index (χ0v) is 9.46. The Kier molecular flexibility index (Phi) is 5.21. The normalized spacial score (nSPS) is 12.3. The predicted octanol–water partition coefficient (Wildman–Crippen LogP) is 1.84. The zero-order chi connectivity index (χ0) is 11.1. The van der Waals surface area contributed by atoms with Gasteiger partial charge in [0.25, 0.3) is 0 Å². The minimum absolute atomic E-state index is 0.471. The lowest BCUT2D eigenvalue weighted by Crippen LogP contribution is -2.35. The molecule has 0 aliphatic rings. The molecule has 0 spiro atoms. The number of hydrogen-bond donors (Lipinski definition) is 2. The minimum atomic E-state index is -0.806. The molecule has 0 saturated carbocycles. The van der Waals surface area contributed by atoms with Gasteiger partial charge < -0.3 is 10.4 Å². The van der Waals surface area contributed by atoms with Crippen LogP contribution in [0.4, 0.5) is 0 Å². The van der Waals surface area contributed by atoms with Crippen LogP contribution < -0.4 is 5.32 Å². The molecule has 0 amide bonds. The summed E-state index contributed by atoms with van der Waals surface area (Å²) in [6, 6.07) is 9.60. The molecule has 0 bridgehead atoms. The number of aliphatic carboxylic acids is 1. The van der Waals surface area contributed by atoms with Crippen molar-refractivity contribution in [3.05, 3.63) is 30.3 Å². The van der Waals surface area contributed by atoms with Crippen molar-refractivity contribution in [1.29, 1.82) is 0 Å². The van der Waals surface area contributed by atoms with Gasteiger partial charge in [0.05, 0.1) is 0 Å². The fourth-order valence-corrected chi connectivity index (χ4v) is 1.85. The summed E-state index contributed by atoms with van der Waals surface area (Å²) in [7, 11) is 0. The van der Waals surface area contributed by atoms with Crippen molar-refractivity contribution in [1.82, 2.24) is 5.32 Å². The minimum Gasteiger partial charge on any atom is -0.480 e. The van der Waals surface area contributed by atoms with Gasteiger partial charge in [0.15, 0.2) is 0 Å². The first-order valence-corrected chi connectivity index (χ1v) is 5.83. The molecular weight excluding hydrogens is 210 g/mol. The quantitative estimate of drug-likeness (QED) is 0.573. The summed E-state index contributed by atoms with van der Waals surface area (Å²) in [6.07, 6.45) is 0. The summed E-state index contributed by atoms with van der Waals surface area (Å²) in [5, 5.41) is 11.6. The Morgan fingerprint density at radius 3 is 2.73 bits per heavy atom. The highest BCUT2D eigenvalue weighted by Crippen LogP contribution is 2.15. The molecule has 4 heteroatoms. The van der Waals surface area contributed by atoms with Gasteiger partial charge in [-0.2, -0.15) is 0 Å². The van der Waals surface area contributed by atoms with Crippen molar-refractivity contribution in [2.45, 2.75) is 17.9 Å². The second-order valence-electron chi connectivity index (χ2n) is 3.18. The van der Waals surface area contributed by atoms with Crippen LogP contribution in [0.2, 0.25) is 0 Å².